The molecule has 2 unspecified atom stereocenters. The summed E-state index contributed by atoms with van der Waals surface area (Å²) < 4.78 is 38.2. The average Bonchev–Trinajstić information content (AvgIpc) is 2.43. The molecule has 6 nitrogen and oxygen atoms in total. The van der Waals surface area contributed by atoms with E-state index in [1.54, 1.807) is 0 Å². The van der Waals surface area contributed by atoms with Crippen LogP contribution in [-0.4, -0.2) is 53.0 Å². The van der Waals surface area contributed by atoms with E-state index in [1.165, 1.54) is 0 Å². The van der Waals surface area contributed by atoms with Crippen molar-refractivity contribution in [1.29, 1.82) is 0 Å². The van der Waals surface area contributed by atoms with E-state index < -0.39 is 37.2 Å². The van der Waals surface area contributed by atoms with Gasteiger partial charge in [0.2, 0.25) is 0 Å². The van der Waals surface area contributed by atoms with E-state index >= 15 is 0 Å². The van der Waals surface area contributed by atoms with Gasteiger partial charge < -0.3 is 10.0 Å². The van der Waals surface area contributed by atoms with Gasteiger partial charge in [-0.2, -0.15) is 13.2 Å². The Bertz CT molecular complexity index is 475. The molecule has 11 heteroatoms. The third kappa shape index (κ3) is 8.41. The number of hydrogen-bond acceptors (Lipinski definition) is 3. The van der Waals surface area contributed by atoms with Gasteiger partial charge in [-0.3, -0.25) is 19.8 Å². The third-order valence-corrected chi connectivity index (χ3v) is 6.74. The van der Waals surface area contributed by atoms with Crippen molar-refractivity contribution in [1.82, 2.24) is 15.1 Å². The van der Waals surface area contributed by atoms with Gasteiger partial charge in [0.1, 0.15) is 6.54 Å². The van der Waals surface area contributed by atoms with E-state index in [9.17, 15) is 22.8 Å². The first-order valence-electron chi connectivity index (χ1n) is 7.57. The maximum Gasteiger partial charge on any atom is 0.471 e. The number of carboxylic acid groups (broad SMARTS) is 1. The van der Waals surface area contributed by atoms with Crippen LogP contribution in [0, 0.1) is 0 Å². The summed E-state index contributed by atoms with van der Waals surface area (Å²) in [6.45, 7) is 6.37. The first-order chi connectivity index (χ1) is 10.8. The number of carboxylic acids is 1. The summed E-state index contributed by atoms with van der Waals surface area (Å²) in [6.07, 6.45) is -7.10. The smallest absolute Gasteiger partial charge is 0.471 e. The lowest BCUT2D eigenvalue weighted by molar-refractivity contribution is -0.185. The highest BCUT2D eigenvalue weighted by Crippen LogP contribution is 2.40. The Balaban J connectivity index is 5.52. The van der Waals surface area contributed by atoms with E-state index in [-0.39, 0.29) is 17.0 Å². The van der Waals surface area contributed by atoms with Crippen molar-refractivity contribution in [3.8, 4) is 0 Å². The minimum absolute atomic E-state index is 0.0833. The molecule has 0 aromatic carbocycles. The zero-order valence-corrected chi connectivity index (χ0v) is 15.9. The van der Waals surface area contributed by atoms with E-state index in [1.807, 2.05) is 27.7 Å². The van der Waals surface area contributed by atoms with Gasteiger partial charge in [0.15, 0.2) is 0 Å². The highest BCUT2D eigenvalue weighted by atomic mass is 32.4. The van der Waals surface area contributed by atoms with E-state index in [0.29, 0.717) is 12.8 Å². The van der Waals surface area contributed by atoms with Crippen LogP contribution < -0.4 is 10.2 Å². The maximum atomic E-state index is 12.7. The Morgan fingerprint density at radius 2 is 1.58 bits per heavy atom. The molecule has 0 saturated carbocycles. The highest BCUT2D eigenvalue weighted by Gasteiger charge is 2.44. The number of hydrogen-bond donors (Lipinski definition) is 3. The van der Waals surface area contributed by atoms with Gasteiger partial charge in [0.05, 0.1) is 12.6 Å². The van der Waals surface area contributed by atoms with Gasteiger partial charge >= 0.3 is 18.1 Å². The van der Waals surface area contributed by atoms with Crippen molar-refractivity contribution in [2.24, 2.45) is 0 Å². The summed E-state index contributed by atoms with van der Waals surface area (Å²) in [5.41, 5.74) is 0. The Morgan fingerprint density at radius 3 is 1.88 bits per heavy atom. The first-order valence-corrected chi connectivity index (χ1v) is 10.6. The lowest BCUT2D eigenvalue weighted by Gasteiger charge is -2.34. The molecule has 0 heterocycles. The van der Waals surface area contributed by atoms with E-state index in [2.05, 4.69) is 10.2 Å². The van der Waals surface area contributed by atoms with Gasteiger partial charge in [-0.15, -0.1) is 0 Å². The minimum atomic E-state index is -5.15. The van der Waals surface area contributed by atoms with Crippen molar-refractivity contribution in [2.45, 2.75) is 58.8 Å². The van der Waals surface area contributed by atoms with E-state index in [4.69, 9.17) is 16.9 Å². The topological polar surface area (TPSA) is 81.7 Å². The Hall–Kier alpha value is -0.700. The van der Waals surface area contributed by atoms with Gasteiger partial charge in [-0.05, 0) is 26.7 Å². The summed E-state index contributed by atoms with van der Waals surface area (Å²) in [5, 5.41) is 15.0. The Kier molecular flexibility index (Phi) is 9.41. The fourth-order valence-electron chi connectivity index (χ4n) is 1.78. The summed E-state index contributed by atoms with van der Waals surface area (Å²) in [4.78, 5) is 22.7. The molecule has 0 aliphatic heterocycles. The molecule has 0 radical (unpaired) electrons. The van der Waals surface area contributed by atoms with Crippen LogP contribution in [0.5, 0.6) is 0 Å². The molecule has 0 bridgehead atoms. The summed E-state index contributed by atoms with van der Waals surface area (Å²) in [6, 6.07) is -0.167. The fraction of sp³-hybridized carbons (Fsp3) is 0.846. The second kappa shape index (κ2) is 9.70. The van der Waals surface area contributed by atoms with Crippen molar-refractivity contribution in [2.75, 3.05) is 12.8 Å². The van der Waals surface area contributed by atoms with Crippen LogP contribution in [0.1, 0.15) is 40.5 Å². The lowest BCUT2D eigenvalue weighted by Crippen LogP contribution is -2.47. The number of carbonyl (C=O) groups excluding carboxylic acids is 1. The zero-order valence-electron chi connectivity index (χ0n) is 14.2. The molecule has 142 valence electrons. The predicted octanol–water partition coefficient (Wildman–Crippen LogP) is 2.51. The SMILES string of the molecule is CCC(C)NP(=S)(CN(CC(=O)O)C(=O)C(F)(F)F)NC(C)CC. The van der Waals surface area contributed by atoms with Crippen molar-refractivity contribution >= 4 is 30.0 Å². The maximum absolute atomic E-state index is 12.7. The number of carbonyl (C=O) groups is 2. The van der Waals surface area contributed by atoms with Crippen molar-refractivity contribution < 1.29 is 27.9 Å². The van der Waals surface area contributed by atoms with Crippen molar-refractivity contribution in [3.63, 3.8) is 0 Å². The van der Waals surface area contributed by atoms with Crippen LogP contribution in [0.4, 0.5) is 13.2 Å². The molecule has 0 aliphatic carbocycles. The number of nitrogens with one attached hydrogen (secondary N) is 2. The van der Waals surface area contributed by atoms with Crippen molar-refractivity contribution in [3.05, 3.63) is 0 Å². The molecule has 0 aromatic heterocycles. The molecular weight excluding hydrogens is 366 g/mol. The summed E-state index contributed by atoms with van der Waals surface area (Å²) in [5.74, 6) is -3.72. The number of amides is 1. The number of alkyl halides is 3. The van der Waals surface area contributed by atoms with Crippen LogP contribution in [-0.2, 0) is 21.4 Å². The van der Waals surface area contributed by atoms with Gasteiger partial charge in [-0.1, -0.05) is 25.7 Å². The van der Waals surface area contributed by atoms with Gasteiger partial charge in [-0.25, -0.2) is 0 Å². The molecule has 2 atom stereocenters. The molecule has 1 amide bonds. The molecule has 24 heavy (non-hydrogen) atoms. The summed E-state index contributed by atoms with van der Waals surface area (Å²) >= 11 is 5.49. The quantitative estimate of drug-likeness (QED) is 0.497. The van der Waals surface area contributed by atoms with Crippen LogP contribution in [0.25, 0.3) is 0 Å². The Morgan fingerprint density at radius 1 is 1.17 bits per heavy atom. The average molecular weight is 391 g/mol. The number of rotatable bonds is 10. The van der Waals surface area contributed by atoms with Crippen LogP contribution in [0.3, 0.4) is 0 Å². The monoisotopic (exact) mass is 391 g/mol. The molecule has 0 aliphatic rings. The molecule has 0 spiro atoms. The second-order valence-electron chi connectivity index (χ2n) is 5.65. The lowest BCUT2D eigenvalue weighted by atomic mass is 10.3. The fourth-order valence-corrected chi connectivity index (χ4v) is 6.02. The molecular formula is C13H25F3N3O3PS. The standard InChI is InChI=1S/C13H25F3N3O3PS/c1-5-9(3)17-23(24,18-10(4)6-2)8-19(7-11(20)21)12(22)13(14,15)16/h9-10H,5-8H2,1-4H3,(H,20,21)(H2,17,18,24). The minimum Gasteiger partial charge on any atom is -0.480 e. The largest absolute Gasteiger partial charge is 0.480 e. The number of aliphatic carboxylic acids is 1. The van der Waals surface area contributed by atoms with Crippen LogP contribution in [0.2, 0.25) is 0 Å². The highest BCUT2D eigenvalue weighted by molar-refractivity contribution is 8.12. The normalized spacial score (nSPS) is 17.0. The molecule has 0 saturated heterocycles. The molecule has 0 aromatic rings. The summed E-state index contributed by atoms with van der Waals surface area (Å²) in [7, 11) is 0. The number of nitrogens with zero attached hydrogens (tertiary/aromatic N) is 1. The third-order valence-electron chi connectivity index (χ3n) is 3.31. The van der Waals surface area contributed by atoms with Gasteiger partial charge in [0.25, 0.3) is 0 Å². The molecule has 3 N–H and O–H groups in total. The number of halogens is 3. The molecule has 0 rings (SSSR count). The first kappa shape index (κ1) is 23.3. The van der Waals surface area contributed by atoms with Crippen LogP contribution in [0.15, 0.2) is 0 Å². The zero-order chi connectivity index (χ0) is 19.1. The Labute approximate surface area is 145 Å². The second-order valence-corrected chi connectivity index (χ2v) is 9.80. The molecule has 0 fully saturated rings. The van der Waals surface area contributed by atoms with Gasteiger partial charge in [0, 0.05) is 12.1 Å². The van der Waals surface area contributed by atoms with E-state index in [0.717, 1.165) is 0 Å². The van der Waals surface area contributed by atoms with Crippen LogP contribution >= 0.6 is 6.34 Å². The predicted molar refractivity (Wildman–Crippen MR) is 90.3 cm³/mol.